The lowest BCUT2D eigenvalue weighted by Crippen LogP contribution is -2.46. The Balaban J connectivity index is 2.70. The highest BCUT2D eigenvalue weighted by Gasteiger charge is 2.25. The molecule has 0 heterocycles. The van der Waals surface area contributed by atoms with E-state index in [0.29, 0.717) is 17.7 Å². The van der Waals surface area contributed by atoms with Crippen LogP contribution in [0, 0.1) is 18.7 Å². The van der Waals surface area contributed by atoms with Gasteiger partial charge in [-0.15, -0.1) is 0 Å². The van der Waals surface area contributed by atoms with Gasteiger partial charge < -0.3 is 15.7 Å². The van der Waals surface area contributed by atoms with Gasteiger partial charge in [0.1, 0.15) is 11.9 Å². The third-order valence-electron chi connectivity index (χ3n) is 3.18. The molecule has 1 rings (SSSR count). The molecule has 0 saturated heterocycles. The number of anilines is 1. The third-order valence-corrected chi connectivity index (χ3v) is 3.18. The molecule has 1 aromatic carbocycles. The van der Waals surface area contributed by atoms with E-state index in [9.17, 15) is 14.0 Å². The first-order valence-corrected chi connectivity index (χ1v) is 6.41. The summed E-state index contributed by atoms with van der Waals surface area (Å²) in [6.45, 7) is 5.18. The Morgan fingerprint density at radius 2 is 2.05 bits per heavy atom. The summed E-state index contributed by atoms with van der Waals surface area (Å²) < 4.78 is 13.1. The predicted octanol–water partition coefficient (Wildman–Crippen LogP) is 2.75. The fourth-order valence-corrected chi connectivity index (χ4v) is 1.71. The number of nitrogens with one attached hydrogen (secondary N) is 2. The Morgan fingerprint density at radius 1 is 1.40 bits per heavy atom. The van der Waals surface area contributed by atoms with Crippen LogP contribution in [0.4, 0.5) is 14.9 Å². The first-order chi connectivity index (χ1) is 9.35. The monoisotopic (exact) mass is 282 g/mol. The lowest BCUT2D eigenvalue weighted by Gasteiger charge is -2.20. The van der Waals surface area contributed by atoms with Crippen molar-refractivity contribution in [3.8, 4) is 0 Å². The first kappa shape index (κ1) is 15.9. The van der Waals surface area contributed by atoms with E-state index < -0.39 is 18.0 Å². The van der Waals surface area contributed by atoms with Crippen LogP contribution in [0.1, 0.15) is 25.8 Å². The zero-order chi connectivity index (χ0) is 15.3. The summed E-state index contributed by atoms with van der Waals surface area (Å²) in [6.07, 6.45) is 0.632. The Bertz CT molecular complexity index is 505. The van der Waals surface area contributed by atoms with Crippen LogP contribution in [-0.4, -0.2) is 23.1 Å². The minimum Gasteiger partial charge on any atom is -0.480 e. The number of rotatable bonds is 5. The van der Waals surface area contributed by atoms with Gasteiger partial charge in [-0.3, -0.25) is 0 Å². The summed E-state index contributed by atoms with van der Waals surface area (Å²) >= 11 is 0. The molecule has 2 unspecified atom stereocenters. The van der Waals surface area contributed by atoms with E-state index in [0.717, 1.165) is 0 Å². The SMILES string of the molecule is CCC(C)C(NC(=O)Nc1ccc(F)c(C)c1)C(=O)O. The van der Waals surface area contributed by atoms with Crippen LogP contribution in [0.3, 0.4) is 0 Å². The van der Waals surface area contributed by atoms with Gasteiger partial charge in [0.05, 0.1) is 0 Å². The molecule has 0 bridgehead atoms. The number of carboxylic acids is 1. The van der Waals surface area contributed by atoms with Crippen molar-refractivity contribution in [2.24, 2.45) is 5.92 Å². The molecule has 0 aromatic heterocycles. The van der Waals surface area contributed by atoms with Gasteiger partial charge >= 0.3 is 12.0 Å². The molecule has 2 amide bonds. The molecule has 1 aromatic rings. The van der Waals surface area contributed by atoms with Gasteiger partial charge in [0.2, 0.25) is 0 Å². The second kappa shape index (κ2) is 6.88. The van der Waals surface area contributed by atoms with E-state index in [4.69, 9.17) is 5.11 Å². The van der Waals surface area contributed by atoms with E-state index in [-0.39, 0.29) is 11.7 Å². The highest BCUT2D eigenvalue weighted by atomic mass is 19.1. The lowest BCUT2D eigenvalue weighted by atomic mass is 9.99. The number of benzene rings is 1. The maximum atomic E-state index is 13.1. The molecule has 2 atom stereocenters. The standard InChI is InChI=1S/C14H19FN2O3/c1-4-8(2)12(13(18)19)17-14(20)16-10-5-6-11(15)9(3)7-10/h5-8,12H,4H2,1-3H3,(H,18,19)(H2,16,17,20). The molecule has 0 aliphatic carbocycles. The summed E-state index contributed by atoms with van der Waals surface area (Å²) in [6, 6.07) is 2.56. The van der Waals surface area contributed by atoms with Crippen molar-refractivity contribution in [1.29, 1.82) is 0 Å². The molecular weight excluding hydrogens is 263 g/mol. The maximum Gasteiger partial charge on any atom is 0.326 e. The van der Waals surface area contributed by atoms with Gasteiger partial charge in [-0.25, -0.2) is 14.0 Å². The van der Waals surface area contributed by atoms with Gasteiger partial charge in [0.15, 0.2) is 0 Å². The topological polar surface area (TPSA) is 78.4 Å². The van der Waals surface area contributed by atoms with E-state index >= 15 is 0 Å². The predicted molar refractivity (Wildman–Crippen MR) is 74.2 cm³/mol. The molecule has 6 heteroatoms. The summed E-state index contributed by atoms with van der Waals surface area (Å²) in [7, 11) is 0. The number of aryl methyl sites for hydroxylation is 1. The molecule has 3 N–H and O–H groups in total. The summed E-state index contributed by atoms with van der Waals surface area (Å²) in [5.74, 6) is -1.63. The van der Waals surface area contributed by atoms with Crippen LogP contribution in [0.25, 0.3) is 0 Å². The minimum atomic E-state index is -1.08. The van der Waals surface area contributed by atoms with E-state index in [1.807, 2.05) is 6.92 Å². The molecule has 0 aliphatic heterocycles. The fraction of sp³-hybridized carbons (Fsp3) is 0.429. The number of halogens is 1. The van der Waals surface area contributed by atoms with E-state index in [2.05, 4.69) is 10.6 Å². The number of carbonyl (C=O) groups excluding carboxylic acids is 1. The normalized spacial score (nSPS) is 13.4. The zero-order valence-electron chi connectivity index (χ0n) is 11.7. The van der Waals surface area contributed by atoms with Gasteiger partial charge in [0, 0.05) is 5.69 Å². The van der Waals surface area contributed by atoms with Crippen LogP contribution in [-0.2, 0) is 4.79 Å². The maximum absolute atomic E-state index is 13.1. The van der Waals surface area contributed by atoms with Gasteiger partial charge in [0.25, 0.3) is 0 Å². The van der Waals surface area contributed by atoms with Gasteiger partial charge in [-0.05, 0) is 36.6 Å². The Morgan fingerprint density at radius 3 is 2.55 bits per heavy atom. The number of amides is 2. The summed E-state index contributed by atoms with van der Waals surface area (Å²) in [4.78, 5) is 22.9. The third kappa shape index (κ3) is 4.22. The van der Waals surface area contributed by atoms with Gasteiger partial charge in [-0.2, -0.15) is 0 Å². The molecule has 0 radical (unpaired) electrons. The van der Waals surface area contributed by atoms with E-state index in [1.165, 1.54) is 18.2 Å². The number of hydrogen-bond acceptors (Lipinski definition) is 2. The summed E-state index contributed by atoms with van der Waals surface area (Å²) in [5.41, 5.74) is 0.814. The highest BCUT2D eigenvalue weighted by molar-refractivity contribution is 5.92. The molecular formula is C14H19FN2O3. The first-order valence-electron chi connectivity index (χ1n) is 6.41. The second-order valence-corrected chi connectivity index (χ2v) is 4.76. The molecule has 0 aliphatic rings. The van der Waals surface area contributed by atoms with Crippen LogP contribution in [0.5, 0.6) is 0 Å². The number of carboxylic acid groups (broad SMARTS) is 1. The number of urea groups is 1. The van der Waals surface area contributed by atoms with Crippen molar-refractivity contribution in [3.05, 3.63) is 29.6 Å². The van der Waals surface area contributed by atoms with Crippen molar-refractivity contribution in [2.75, 3.05) is 5.32 Å². The highest BCUT2D eigenvalue weighted by Crippen LogP contribution is 2.14. The van der Waals surface area contributed by atoms with Crippen LogP contribution < -0.4 is 10.6 Å². The summed E-state index contributed by atoms with van der Waals surface area (Å²) in [5, 5.41) is 14.0. The van der Waals surface area contributed by atoms with Crippen molar-refractivity contribution >= 4 is 17.7 Å². The van der Waals surface area contributed by atoms with Crippen LogP contribution in [0.15, 0.2) is 18.2 Å². The smallest absolute Gasteiger partial charge is 0.326 e. The molecule has 0 saturated carbocycles. The van der Waals surface area contributed by atoms with Crippen LogP contribution >= 0.6 is 0 Å². The van der Waals surface area contributed by atoms with Crippen molar-refractivity contribution in [2.45, 2.75) is 33.2 Å². The average Bonchev–Trinajstić information content (AvgIpc) is 2.39. The van der Waals surface area contributed by atoms with Crippen molar-refractivity contribution in [1.82, 2.24) is 5.32 Å². The largest absolute Gasteiger partial charge is 0.480 e. The van der Waals surface area contributed by atoms with Crippen molar-refractivity contribution < 1.29 is 19.1 Å². The Hall–Kier alpha value is -2.11. The second-order valence-electron chi connectivity index (χ2n) is 4.76. The fourth-order valence-electron chi connectivity index (χ4n) is 1.71. The number of aliphatic carboxylic acids is 1. The quantitative estimate of drug-likeness (QED) is 0.777. The van der Waals surface area contributed by atoms with Crippen LogP contribution in [0.2, 0.25) is 0 Å². The molecule has 110 valence electrons. The van der Waals surface area contributed by atoms with E-state index in [1.54, 1.807) is 13.8 Å². The van der Waals surface area contributed by atoms with Gasteiger partial charge in [-0.1, -0.05) is 20.3 Å². The zero-order valence-corrected chi connectivity index (χ0v) is 11.7. The molecule has 20 heavy (non-hydrogen) atoms. The molecule has 5 nitrogen and oxygen atoms in total. The number of carbonyl (C=O) groups is 2. The Kier molecular flexibility index (Phi) is 5.49. The lowest BCUT2D eigenvalue weighted by molar-refractivity contribution is -0.140. The van der Waals surface area contributed by atoms with Crippen molar-refractivity contribution in [3.63, 3.8) is 0 Å². The Labute approximate surface area is 117 Å². The number of hydrogen-bond donors (Lipinski definition) is 3. The minimum absolute atomic E-state index is 0.187. The molecule has 0 fully saturated rings. The average molecular weight is 282 g/mol. The molecule has 0 spiro atoms.